The van der Waals surface area contributed by atoms with Gasteiger partial charge in [-0.1, -0.05) is 23.9 Å². The summed E-state index contributed by atoms with van der Waals surface area (Å²) in [5.41, 5.74) is 1.67. The predicted octanol–water partition coefficient (Wildman–Crippen LogP) is 4.09. The molecule has 0 spiro atoms. The van der Waals surface area contributed by atoms with Crippen LogP contribution < -0.4 is 5.32 Å². The SMILES string of the molecule is O=C(CSc1ncc(-c2ccc(F)cc2)[nH]1)Nc1ccccc1F. The van der Waals surface area contributed by atoms with Crippen molar-refractivity contribution in [2.75, 3.05) is 11.1 Å². The first-order valence-electron chi connectivity index (χ1n) is 7.10. The average Bonchev–Trinajstić information content (AvgIpc) is 3.05. The minimum Gasteiger partial charge on any atom is -0.333 e. The number of rotatable bonds is 5. The standard InChI is InChI=1S/C17H13F2N3OS/c18-12-7-5-11(6-8-12)15-9-20-17(22-15)24-10-16(23)21-14-4-2-1-3-13(14)19/h1-9H,10H2,(H,20,22)(H,21,23). The molecule has 0 bridgehead atoms. The van der Waals surface area contributed by atoms with Gasteiger partial charge < -0.3 is 10.3 Å². The normalized spacial score (nSPS) is 10.6. The number of thioether (sulfide) groups is 1. The minimum atomic E-state index is -0.479. The number of nitrogens with zero attached hydrogens (tertiary/aromatic N) is 1. The molecule has 0 unspecified atom stereocenters. The number of imidazole rings is 1. The van der Waals surface area contributed by atoms with Crippen LogP contribution in [0, 0.1) is 11.6 Å². The highest BCUT2D eigenvalue weighted by Crippen LogP contribution is 2.22. The van der Waals surface area contributed by atoms with Crippen LogP contribution in [-0.2, 0) is 4.79 Å². The summed E-state index contributed by atoms with van der Waals surface area (Å²) in [5, 5.41) is 3.06. The molecule has 4 nitrogen and oxygen atoms in total. The number of H-pyrrole nitrogens is 1. The molecule has 2 aromatic carbocycles. The summed E-state index contributed by atoms with van der Waals surface area (Å²) in [6.07, 6.45) is 1.62. The second kappa shape index (κ2) is 7.27. The highest BCUT2D eigenvalue weighted by molar-refractivity contribution is 7.99. The highest BCUT2D eigenvalue weighted by Gasteiger charge is 2.09. The van der Waals surface area contributed by atoms with Crippen LogP contribution in [0.2, 0.25) is 0 Å². The lowest BCUT2D eigenvalue weighted by atomic mass is 10.2. The maximum absolute atomic E-state index is 13.5. The zero-order valence-electron chi connectivity index (χ0n) is 12.4. The van der Waals surface area contributed by atoms with E-state index in [4.69, 9.17) is 0 Å². The first-order valence-corrected chi connectivity index (χ1v) is 8.08. The monoisotopic (exact) mass is 345 g/mol. The van der Waals surface area contributed by atoms with Crippen molar-refractivity contribution in [2.24, 2.45) is 0 Å². The maximum atomic E-state index is 13.5. The van der Waals surface area contributed by atoms with E-state index in [1.807, 2.05) is 0 Å². The third-order valence-electron chi connectivity index (χ3n) is 3.20. The van der Waals surface area contributed by atoms with E-state index >= 15 is 0 Å². The van der Waals surface area contributed by atoms with Crippen LogP contribution in [0.1, 0.15) is 0 Å². The summed E-state index contributed by atoms with van der Waals surface area (Å²) >= 11 is 1.20. The molecule has 24 heavy (non-hydrogen) atoms. The van der Waals surface area contributed by atoms with Crippen LogP contribution in [0.5, 0.6) is 0 Å². The van der Waals surface area contributed by atoms with Crippen LogP contribution >= 0.6 is 11.8 Å². The van der Waals surface area contributed by atoms with Crippen molar-refractivity contribution in [3.63, 3.8) is 0 Å². The molecule has 1 amide bonds. The molecule has 1 aromatic heterocycles. The summed E-state index contributed by atoms with van der Waals surface area (Å²) in [4.78, 5) is 19.1. The minimum absolute atomic E-state index is 0.0880. The van der Waals surface area contributed by atoms with Gasteiger partial charge in [0.05, 0.1) is 23.3 Å². The molecule has 0 saturated heterocycles. The smallest absolute Gasteiger partial charge is 0.234 e. The number of para-hydroxylation sites is 1. The fourth-order valence-electron chi connectivity index (χ4n) is 2.04. The van der Waals surface area contributed by atoms with E-state index in [1.165, 1.54) is 36.0 Å². The maximum Gasteiger partial charge on any atom is 0.234 e. The average molecular weight is 345 g/mol. The van der Waals surface area contributed by atoms with Gasteiger partial charge in [-0.15, -0.1) is 0 Å². The molecular weight excluding hydrogens is 332 g/mol. The Kier molecular flexibility index (Phi) is 4.90. The summed E-state index contributed by atoms with van der Waals surface area (Å²) in [6.45, 7) is 0. The second-order valence-electron chi connectivity index (χ2n) is 4.93. The second-order valence-corrected chi connectivity index (χ2v) is 5.89. The van der Waals surface area contributed by atoms with Crippen molar-refractivity contribution in [2.45, 2.75) is 5.16 Å². The van der Waals surface area contributed by atoms with Gasteiger partial charge in [-0.3, -0.25) is 4.79 Å². The van der Waals surface area contributed by atoms with Gasteiger partial charge >= 0.3 is 0 Å². The highest BCUT2D eigenvalue weighted by atomic mass is 32.2. The number of carbonyl (C=O) groups excluding carboxylic acids is 1. The van der Waals surface area contributed by atoms with Gasteiger partial charge in [0.2, 0.25) is 5.91 Å². The number of anilines is 1. The molecule has 0 aliphatic heterocycles. The summed E-state index contributed by atoms with van der Waals surface area (Å²) in [6, 6.07) is 12.0. The number of hydrogen-bond acceptors (Lipinski definition) is 3. The predicted molar refractivity (Wildman–Crippen MR) is 89.7 cm³/mol. The molecule has 3 rings (SSSR count). The number of hydrogen-bond donors (Lipinski definition) is 2. The molecule has 0 aliphatic rings. The van der Waals surface area contributed by atoms with Crippen molar-refractivity contribution >= 4 is 23.4 Å². The van der Waals surface area contributed by atoms with Crippen LogP contribution in [0.3, 0.4) is 0 Å². The van der Waals surface area contributed by atoms with Crippen LogP contribution in [-0.4, -0.2) is 21.6 Å². The molecule has 1 heterocycles. The van der Waals surface area contributed by atoms with Crippen LogP contribution in [0.4, 0.5) is 14.5 Å². The molecule has 3 aromatic rings. The number of benzene rings is 2. The van der Waals surface area contributed by atoms with Gasteiger partial charge in [0.25, 0.3) is 0 Å². The lowest BCUT2D eigenvalue weighted by Crippen LogP contribution is -2.15. The molecule has 0 fully saturated rings. The Morgan fingerprint density at radius 3 is 2.62 bits per heavy atom. The number of nitrogens with one attached hydrogen (secondary N) is 2. The molecule has 2 N–H and O–H groups in total. The number of amides is 1. The van der Waals surface area contributed by atoms with E-state index in [9.17, 15) is 13.6 Å². The first-order chi connectivity index (χ1) is 11.6. The molecular formula is C17H13F2N3OS. The summed E-state index contributed by atoms with van der Waals surface area (Å²) in [7, 11) is 0. The molecule has 0 aliphatic carbocycles. The van der Waals surface area contributed by atoms with Gasteiger partial charge in [-0.25, -0.2) is 13.8 Å². The van der Waals surface area contributed by atoms with Gasteiger partial charge in [-0.05, 0) is 42.0 Å². The Morgan fingerprint density at radius 2 is 1.88 bits per heavy atom. The zero-order valence-corrected chi connectivity index (χ0v) is 13.2. The van der Waals surface area contributed by atoms with E-state index in [0.717, 1.165) is 11.3 Å². The van der Waals surface area contributed by atoms with Gasteiger partial charge in [0.15, 0.2) is 5.16 Å². The first kappa shape index (κ1) is 16.2. The van der Waals surface area contributed by atoms with Gasteiger partial charge in [0, 0.05) is 0 Å². The number of carbonyl (C=O) groups is 1. The number of aromatic amines is 1. The van der Waals surface area contributed by atoms with Crippen LogP contribution in [0.25, 0.3) is 11.3 Å². The van der Waals surface area contributed by atoms with Gasteiger partial charge in [-0.2, -0.15) is 0 Å². The lowest BCUT2D eigenvalue weighted by molar-refractivity contribution is -0.113. The molecule has 122 valence electrons. The van der Waals surface area contributed by atoms with E-state index in [-0.39, 0.29) is 23.2 Å². The topological polar surface area (TPSA) is 57.8 Å². The Labute approximate surface area is 141 Å². The van der Waals surface area contributed by atoms with Gasteiger partial charge in [0.1, 0.15) is 11.6 Å². The molecule has 7 heteroatoms. The third kappa shape index (κ3) is 3.99. The van der Waals surface area contributed by atoms with Crippen molar-refractivity contribution in [3.8, 4) is 11.3 Å². The fraction of sp³-hybridized carbons (Fsp3) is 0.0588. The van der Waals surface area contributed by atoms with Crippen LogP contribution in [0.15, 0.2) is 59.9 Å². The largest absolute Gasteiger partial charge is 0.333 e. The Morgan fingerprint density at radius 1 is 1.12 bits per heavy atom. The van der Waals surface area contributed by atoms with Crippen molar-refractivity contribution < 1.29 is 13.6 Å². The molecule has 0 saturated carbocycles. The number of halogens is 2. The third-order valence-corrected chi connectivity index (χ3v) is 4.08. The number of aromatic nitrogens is 2. The van der Waals surface area contributed by atoms with Crippen molar-refractivity contribution in [1.29, 1.82) is 0 Å². The fourth-order valence-corrected chi connectivity index (χ4v) is 2.68. The zero-order chi connectivity index (χ0) is 16.9. The molecule has 0 radical (unpaired) electrons. The quantitative estimate of drug-likeness (QED) is 0.685. The van der Waals surface area contributed by atoms with Crippen molar-refractivity contribution in [3.05, 3.63) is 66.4 Å². The Bertz CT molecular complexity index is 849. The molecule has 0 atom stereocenters. The summed E-state index contributed by atoms with van der Waals surface area (Å²) < 4.78 is 26.4. The van der Waals surface area contributed by atoms with E-state index in [1.54, 1.807) is 30.5 Å². The van der Waals surface area contributed by atoms with E-state index < -0.39 is 5.82 Å². The Balaban J connectivity index is 1.58. The summed E-state index contributed by atoms with van der Waals surface area (Å²) in [5.74, 6) is -1.03. The van der Waals surface area contributed by atoms with Crippen molar-refractivity contribution in [1.82, 2.24) is 9.97 Å². The Hall–Kier alpha value is -2.67. The lowest BCUT2D eigenvalue weighted by Gasteiger charge is -2.05. The van der Waals surface area contributed by atoms with E-state index in [0.29, 0.717) is 5.16 Å². The van der Waals surface area contributed by atoms with E-state index in [2.05, 4.69) is 15.3 Å².